The Hall–Kier alpha value is -0.900. The van der Waals surface area contributed by atoms with Gasteiger partial charge >= 0.3 is 0 Å². The summed E-state index contributed by atoms with van der Waals surface area (Å²) in [6, 6.07) is 9.13. The van der Waals surface area contributed by atoms with E-state index >= 15 is 0 Å². The molecule has 1 saturated carbocycles. The average molecular weight is 273 g/mol. The molecule has 2 aliphatic rings. The van der Waals surface area contributed by atoms with Gasteiger partial charge in [-0.25, -0.2) is 0 Å². The van der Waals surface area contributed by atoms with E-state index in [9.17, 15) is 0 Å². The van der Waals surface area contributed by atoms with Crippen LogP contribution in [0.2, 0.25) is 0 Å². The van der Waals surface area contributed by atoms with Crippen molar-refractivity contribution in [3.8, 4) is 0 Å². The minimum absolute atomic E-state index is 0.861. The van der Waals surface area contributed by atoms with Crippen molar-refractivity contribution < 1.29 is 0 Å². The molecule has 1 aliphatic heterocycles. The quantitative estimate of drug-likeness (QED) is 0.799. The van der Waals surface area contributed by atoms with Crippen LogP contribution in [0.25, 0.3) is 0 Å². The van der Waals surface area contributed by atoms with Crippen LogP contribution >= 0.6 is 0 Å². The predicted octanol–water partition coefficient (Wildman–Crippen LogP) is 1.90. The van der Waals surface area contributed by atoms with E-state index in [0.717, 1.165) is 19.0 Å². The number of piperazine rings is 1. The Balaban J connectivity index is 1.36. The average Bonchev–Trinajstić information content (AvgIpc) is 3.30. The van der Waals surface area contributed by atoms with Gasteiger partial charge in [-0.15, -0.1) is 0 Å². The lowest BCUT2D eigenvalue weighted by Gasteiger charge is -2.32. The lowest BCUT2D eigenvalue weighted by Crippen LogP contribution is -2.46. The van der Waals surface area contributed by atoms with E-state index in [1.807, 2.05) is 0 Å². The van der Waals surface area contributed by atoms with Crippen molar-refractivity contribution in [2.45, 2.75) is 25.3 Å². The Labute approximate surface area is 123 Å². The van der Waals surface area contributed by atoms with E-state index in [1.54, 1.807) is 5.56 Å². The van der Waals surface area contributed by atoms with Gasteiger partial charge in [0.25, 0.3) is 0 Å². The minimum atomic E-state index is 0.861. The molecule has 1 aliphatic carbocycles. The minimum Gasteiger partial charge on any atom is -0.311 e. The number of nitrogens with zero attached hydrogens (tertiary/aromatic N) is 2. The first-order valence-electron chi connectivity index (χ1n) is 8.02. The fraction of sp³-hybridized carbons (Fsp3) is 0.647. The maximum absolute atomic E-state index is 3.59. The van der Waals surface area contributed by atoms with Crippen molar-refractivity contribution in [3.63, 3.8) is 0 Å². The summed E-state index contributed by atoms with van der Waals surface area (Å²) in [5.41, 5.74) is 2.98. The molecular weight excluding hydrogens is 246 g/mol. The van der Waals surface area contributed by atoms with Crippen LogP contribution in [0.15, 0.2) is 24.3 Å². The fourth-order valence-electron chi connectivity index (χ4n) is 2.92. The normalized spacial score (nSPS) is 21.2. The zero-order chi connectivity index (χ0) is 13.8. The van der Waals surface area contributed by atoms with E-state index in [4.69, 9.17) is 0 Å². The van der Waals surface area contributed by atoms with Crippen LogP contribution in [0.4, 0.5) is 0 Å². The molecule has 0 bridgehead atoms. The highest BCUT2D eigenvalue weighted by atomic mass is 15.2. The molecule has 20 heavy (non-hydrogen) atoms. The third kappa shape index (κ3) is 4.05. The first-order chi connectivity index (χ1) is 9.81. The van der Waals surface area contributed by atoms with Gasteiger partial charge in [0.2, 0.25) is 0 Å². The second-order valence-electron chi connectivity index (χ2n) is 6.34. The predicted molar refractivity (Wildman–Crippen MR) is 84.1 cm³/mol. The highest BCUT2D eigenvalue weighted by molar-refractivity contribution is 5.29. The summed E-state index contributed by atoms with van der Waals surface area (Å²) >= 11 is 0. The molecule has 110 valence electrons. The van der Waals surface area contributed by atoms with Gasteiger partial charge < -0.3 is 10.2 Å². The molecule has 1 saturated heterocycles. The summed E-state index contributed by atoms with van der Waals surface area (Å²) in [5, 5.41) is 3.59. The van der Waals surface area contributed by atoms with Gasteiger partial charge in [0.1, 0.15) is 0 Å². The van der Waals surface area contributed by atoms with Crippen LogP contribution in [0.3, 0.4) is 0 Å². The molecule has 1 N–H and O–H groups in total. The molecule has 0 atom stereocenters. The largest absolute Gasteiger partial charge is 0.311 e. The molecule has 1 aromatic rings. The van der Waals surface area contributed by atoms with Gasteiger partial charge in [-0.2, -0.15) is 0 Å². The van der Waals surface area contributed by atoms with Crippen molar-refractivity contribution in [3.05, 3.63) is 35.4 Å². The topological polar surface area (TPSA) is 18.5 Å². The molecule has 0 spiro atoms. The molecule has 0 radical (unpaired) electrons. The second kappa shape index (κ2) is 6.70. The van der Waals surface area contributed by atoms with Gasteiger partial charge in [-0.05, 0) is 36.9 Å². The van der Waals surface area contributed by atoms with E-state index in [0.29, 0.717) is 0 Å². The third-order valence-electron chi connectivity index (χ3n) is 4.53. The van der Waals surface area contributed by atoms with Crippen molar-refractivity contribution >= 4 is 0 Å². The van der Waals surface area contributed by atoms with Crippen molar-refractivity contribution in [1.29, 1.82) is 0 Å². The Morgan fingerprint density at radius 2 is 1.95 bits per heavy atom. The maximum atomic E-state index is 3.59. The Morgan fingerprint density at radius 1 is 1.15 bits per heavy atom. The summed E-state index contributed by atoms with van der Waals surface area (Å²) in [5.74, 6) is 0.861. The summed E-state index contributed by atoms with van der Waals surface area (Å²) < 4.78 is 0. The van der Waals surface area contributed by atoms with Gasteiger partial charge in [0, 0.05) is 45.8 Å². The monoisotopic (exact) mass is 273 g/mol. The third-order valence-corrected chi connectivity index (χ3v) is 4.53. The van der Waals surface area contributed by atoms with E-state index in [2.05, 4.69) is 46.4 Å². The highest BCUT2D eigenvalue weighted by Gasteiger charge is 2.23. The molecule has 0 unspecified atom stereocenters. The van der Waals surface area contributed by atoms with Crippen LogP contribution in [0.1, 0.15) is 29.9 Å². The molecule has 3 heteroatoms. The SMILES string of the molecule is CN1CCN(CCNCc2cccc(C3CC3)c2)CC1. The number of hydrogen-bond donors (Lipinski definition) is 1. The van der Waals surface area contributed by atoms with Crippen LogP contribution in [0.5, 0.6) is 0 Å². The molecule has 1 aromatic carbocycles. The molecule has 0 aromatic heterocycles. The molecule has 3 nitrogen and oxygen atoms in total. The standard InChI is InChI=1S/C17H27N3/c1-19-9-11-20(12-10-19)8-7-18-14-15-3-2-4-17(13-15)16-5-6-16/h2-4,13,16,18H,5-12,14H2,1H3. The van der Waals surface area contributed by atoms with E-state index in [-0.39, 0.29) is 0 Å². The number of benzene rings is 1. The molecule has 0 amide bonds. The van der Waals surface area contributed by atoms with E-state index in [1.165, 1.54) is 51.1 Å². The van der Waals surface area contributed by atoms with Crippen molar-refractivity contribution in [1.82, 2.24) is 15.1 Å². The van der Waals surface area contributed by atoms with Crippen LogP contribution < -0.4 is 5.32 Å². The summed E-state index contributed by atoms with van der Waals surface area (Å²) in [6.45, 7) is 8.14. The molecule has 1 heterocycles. The number of nitrogens with one attached hydrogen (secondary N) is 1. The zero-order valence-corrected chi connectivity index (χ0v) is 12.6. The smallest absolute Gasteiger partial charge is 0.0206 e. The molecular formula is C17H27N3. The lowest BCUT2D eigenvalue weighted by atomic mass is 10.1. The second-order valence-corrected chi connectivity index (χ2v) is 6.34. The van der Waals surface area contributed by atoms with Crippen LogP contribution in [0, 0.1) is 0 Å². The summed E-state index contributed by atoms with van der Waals surface area (Å²) in [4.78, 5) is 4.97. The highest BCUT2D eigenvalue weighted by Crippen LogP contribution is 2.40. The van der Waals surface area contributed by atoms with Gasteiger partial charge in [0.15, 0.2) is 0 Å². The summed E-state index contributed by atoms with van der Waals surface area (Å²) in [7, 11) is 2.21. The fourth-order valence-corrected chi connectivity index (χ4v) is 2.92. The van der Waals surface area contributed by atoms with Crippen LogP contribution in [-0.4, -0.2) is 56.1 Å². The zero-order valence-electron chi connectivity index (χ0n) is 12.6. The van der Waals surface area contributed by atoms with Gasteiger partial charge in [0.05, 0.1) is 0 Å². The van der Waals surface area contributed by atoms with Gasteiger partial charge in [-0.1, -0.05) is 24.3 Å². The maximum Gasteiger partial charge on any atom is 0.0206 e. The lowest BCUT2D eigenvalue weighted by molar-refractivity contribution is 0.154. The first-order valence-corrected chi connectivity index (χ1v) is 8.02. The summed E-state index contributed by atoms with van der Waals surface area (Å²) in [6.07, 6.45) is 2.78. The molecule has 2 fully saturated rings. The van der Waals surface area contributed by atoms with Gasteiger partial charge in [-0.3, -0.25) is 4.90 Å². The van der Waals surface area contributed by atoms with E-state index < -0.39 is 0 Å². The Bertz CT molecular complexity index is 420. The first kappa shape index (κ1) is 14.1. The van der Waals surface area contributed by atoms with Crippen molar-refractivity contribution in [2.24, 2.45) is 0 Å². The number of rotatable bonds is 6. The number of hydrogen-bond acceptors (Lipinski definition) is 3. The number of likely N-dealkylation sites (N-methyl/N-ethyl adjacent to an activating group) is 1. The Kier molecular flexibility index (Phi) is 4.71. The Morgan fingerprint density at radius 3 is 2.70 bits per heavy atom. The van der Waals surface area contributed by atoms with Crippen molar-refractivity contribution in [2.75, 3.05) is 46.3 Å². The molecule has 3 rings (SSSR count). The van der Waals surface area contributed by atoms with Crippen LogP contribution in [-0.2, 0) is 6.54 Å².